The number of hydrogen-bond donors (Lipinski definition) is 2. The molecule has 1 amide bonds. The van der Waals surface area contributed by atoms with E-state index in [0.717, 1.165) is 47.7 Å². The number of nitrogens with zero attached hydrogens (tertiary/aromatic N) is 10. The van der Waals surface area contributed by atoms with E-state index in [-0.39, 0.29) is 11.9 Å². The number of carbonyl (C=O) groups excluding carboxylic acids is 1. The first-order valence-corrected chi connectivity index (χ1v) is 13.6. The van der Waals surface area contributed by atoms with Crippen LogP contribution in [0.3, 0.4) is 0 Å². The number of allylic oxidation sites excluding steroid dienone is 1. The van der Waals surface area contributed by atoms with Gasteiger partial charge >= 0.3 is 0 Å². The van der Waals surface area contributed by atoms with Gasteiger partial charge in [-0.2, -0.15) is 5.10 Å². The Labute approximate surface area is 232 Å². The third kappa shape index (κ3) is 4.26. The molecule has 2 aliphatic heterocycles. The third-order valence-corrected chi connectivity index (χ3v) is 8.20. The first-order valence-electron chi connectivity index (χ1n) is 13.6. The van der Waals surface area contributed by atoms with Gasteiger partial charge in [0, 0.05) is 55.1 Å². The number of anilines is 3. The van der Waals surface area contributed by atoms with E-state index in [4.69, 9.17) is 0 Å². The number of benzene rings is 1. The summed E-state index contributed by atoms with van der Waals surface area (Å²) in [6.45, 7) is 13.4. The molecule has 40 heavy (non-hydrogen) atoms. The van der Waals surface area contributed by atoms with Gasteiger partial charge in [0.15, 0.2) is 0 Å². The molecule has 0 spiro atoms. The van der Waals surface area contributed by atoms with Crippen LogP contribution in [0.15, 0.2) is 41.9 Å². The standard InChI is InChI=1S/C27H34N12O/c1-7-38-15(2)12-37(13-16(38)3)23-11-22(28-14-29-23)25-20-10-19(8-9-21(20)31-32-25)30-26(40)24-17(4)36(6)27-33-34-35-39(27)18(24)5/h8-11,14-16,18H,7,12-13H2,1-6H3,(H,30,40)(H,31,32)/t15-,16+,18-/m0/s1. The quantitative estimate of drug-likeness (QED) is 0.387. The van der Waals surface area contributed by atoms with Crippen molar-refractivity contribution in [3.8, 4) is 11.4 Å². The van der Waals surface area contributed by atoms with Gasteiger partial charge < -0.3 is 15.1 Å². The summed E-state index contributed by atoms with van der Waals surface area (Å²) in [5.41, 5.74) is 4.35. The minimum Gasteiger partial charge on any atom is -0.353 e. The molecule has 4 aromatic rings. The molecule has 6 rings (SSSR count). The first kappa shape index (κ1) is 25.9. The summed E-state index contributed by atoms with van der Waals surface area (Å²) in [5, 5.41) is 23.5. The summed E-state index contributed by atoms with van der Waals surface area (Å²) < 4.78 is 1.65. The molecule has 2 aliphatic rings. The Bertz CT molecular complexity index is 1590. The predicted octanol–water partition coefficient (Wildman–Crippen LogP) is 2.85. The Morgan fingerprint density at radius 2 is 1.90 bits per heavy atom. The summed E-state index contributed by atoms with van der Waals surface area (Å²) in [5.74, 6) is 1.28. The zero-order valence-electron chi connectivity index (χ0n) is 23.6. The van der Waals surface area contributed by atoms with E-state index < -0.39 is 0 Å². The van der Waals surface area contributed by atoms with Crippen LogP contribution in [0.2, 0.25) is 0 Å². The number of amides is 1. The summed E-state index contributed by atoms with van der Waals surface area (Å²) >= 11 is 0. The van der Waals surface area contributed by atoms with Gasteiger partial charge in [-0.15, -0.1) is 0 Å². The number of aromatic amines is 1. The van der Waals surface area contributed by atoms with Crippen molar-refractivity contribution < 1.29 is 4.79 Å². The highest BCUT2D eigenvalue weighted by molar-refractivity contribution is 6.07. The lowest BCUT2D eigenvalue weighted by Crippen LogP contribution is -2.56. The highest BCUT2D eigenvalue weighted by atomic mass is 16.1. The largest absolute Gasteiger partial charge is 0.353 e. The van der Waals surface area contributed by atoms with Gasteiger partial charge in [-0.05, 0) is 62.9 Å². The highest BCUT2D eigenvalue weighted by Crippen LogP contribution is 2.34. The van der Waals surface area contributed by atoms with Crippen LogP contribution in [0.1, 0.15) is 40.7 Å². The Kier molecular flexibility index (Phi) is 6.45. The fraction of sp³-hybridized carbons (Fsp3) is 0.444. The molecule has 208 valence electrons. The maximum atomic E-state index is 13.5. The van der Waals surface area contributed by atoms with Crippen molar-refractivity contribution >= 4 is 34.3 Å². The first-order chi connectivity index (χ1) is 19.3. The molecule has 1 saturated heterocycles. The molecule has 3 atom stereocenters. The molecule has 1 fully saturated rings. The molecule has 1 aromatic carbocycles. The SMILES string of the molecule is CCN1[C@H](C)CN(c2cc(-c3n[nH]c4ccc(NC(=O)C5=C(C)N(C)c6nnnn6[C@H]5C)cc34)ncn2)C[C@@H]1C. The van der Waals surface area contributed by atoms with E-state index in [9.17, 15) is 4.79 Å². The van der Waals surface area contributed by atoms with Crippen molar-refractivity contribution in [3.05, 3.63) is 41.9 Å². The monoisotopic (exact) mass is 542 g/mol. The molecule has 2 N–H and O–H groups in total. The number of likely N-dealkylation sites (N-methyl/N-ethyl adjacent to an activating group) is 1. The van der Waals surface area contributed by atoms with E-state index in [2.05, 4.69) is 71.6 Å². The third-order valence-electron chi connectivity index (χ3n) is 8.20. The summed E-state index contributed by atoms with van der Waals surface area (Å²) in [7, 11) is 1.85. The molecular weight excluding hydrogens is 508 g/mol. The minimum atomic E-state index is -0.307. The number of H-pyrrole nitrogens is 1. The number of hydrogen-bond acceptors (Lipinski definition) is 10. The molecule has 13 heteroatoms. The summed E-state index contributed by atoms with van der Waals surface area (Å²) in [6, 6.07) is 8.25. The van der Waals surface area contributed by atoms with Gasteiger partial charge in [-0.3, -0.25) is 14.8 Å². The Balaban J connectivity index is 1.27. The van der Waals surface area contributed by atoms with Crippen LogP contribution < -0.4 is 15.1 Å². The number of piperazine rings is 1. The molecule has 13 nitrogen and oxygen atoms in total. The molecule has 5 heterocycles. The second-order valence-electron chi connectivity index (χ2n) is 10.6. The van der Waals surface area contributed by atoms with Crippen LogP contribution >= 0.6 is 0 Å². The number of carbonyl (C=O) groups is 1. The lowest BCUT2D eigenvalue weighted by Gasteiger charge is -2.44. The van der Waals surface area contributed by atoms with E-state index in [1.807, 2.05) is 50.1 Å². The average Bonchev–Trinajstić information content (AvgIpc) is 3.60. The van der Waals surface area contributed by atoms with Crippen molar-refractivity contribution in [3.63, 3.8) is 0 Å². The normalized spacial score (nSPS) is 21.7. The molecule has 0 saturated carbocycles. The van der Waals surface area contributed by atoms with Crippen molar-refractivity contribution in [2.24, 2.45) is 0 Å². The fourth-order valence-electron chi connectivity index (χ4n) is 6.07. The molecule has 3 aromatic heterocycles. The lowest BCUT2D eigenvalue weighted by molar-refractivity contribution is -0.113. The van der Waals surface area contributed by atoms with Crippen LogP contribution in [0, 0.1) is 0 Å². The number of tetrazole rings is 1. The molecular formula is C27H34N12O. The van der Waals surface area contributed by atoms with Gasteiger partial charge in [0.2, 0.25) is 5.95 Å². The van der Waals surface area contributed by atoms with Gasteiger partial charge in [0.25, 0.3) is 5.91 Å². The van der Waals surface area contributed by atoms with Crippen LogP contribution in [0.5, 0.6) is 0 Å². The zero-order valence-corrected chi connectivity index (χ0v) is 23.6. The molecule has 0 unspecified atom stereocenters. The lowest BCUT2D eigenvalue weighted by atomic mass is 10.0. The Morgan fingerprint density at radius 3 is 2.65 bits per heavy atom. The number of aromatic nitrogens is 8. The van der Waals surface area contributed by atoms with Crippen molar-refractivity contribution in [1.82, 2.24) is 45.3 Å². The van der Waals surface area contributed by atoms with Gasteiger partial charge in [-0.25, -0.2) is 14.6 Å². The topological polar surface area (TPSA) is 137 Å². The van der Waals surface area contributed by atoms with Gasteiger partial charge in [-0.1, -0.05) is 12.0 Å². The Morgan fingerprint density at radius 1 is 1.12 bits per heavy atom. The van der Waals surface area contributed by atoms with Crippen LogP contribution in [-0.2, 0) is 4.79 Å². The maximum Gasteiger partial charge on any atom is 0.255 e. The molecule has 0 radical (unpaired) electrons. The number of nitrogens with one attached hydrogen (secondary N) is 2. The number of rotatable bonds is 5. The smallest absolute Gasteiger partial charge is 0.255 e. The van der Waals surface area contributed by atoms with E-state index in [1.54, 1.807) is 11.0 Å². The summed E-state index contributed by atoms with van der Waals surface area (Å²) in [6.07, 6.45) is 1.60. The molecule has 0 aliphatic carbocycles. The summed E-state index contributed by atoms with van der Waals surface area (Å²) in [4.78, 5) is 29.3. The van der Waals surface area contributed by atoms with E-state index in [0.29, 0.717) is 35.0 Å². The highest BCUT2D eigenvalue weighted by Gasteiger charge is 2.33. The average molecular weight is 543 g/mol. The van der Waals surface area contributed by atoms with E-state index >= 15 is 0 Å². The van der Waals surface area contributed by atoms with Crippen LogP contribution in [-0.4, -0.2) is 89.9 Å². The predicted molar refractivity (Wildman–Crippen MR) is 153 cm³/mol. The van der Waals surface area contributed by atoms with Crippen molar-refractivity contribution in [1.29, 1.82) is 0 Å². The maximum absolute atomic E-state index is 13.5. The second kappa shape index (κ2) is 9.97. The number of fused-ring (bicyclic) bond motifs is 2. The minimum absolute atomic E-state index is 0.207. The Hall–Kier alpha value is -4.39. The van der Waals surface area contributed by atoms with Gasteiger partial charge in [0.1, 0.15) is 17.8 Å². The zero-order chi connectivity index (χ0) is 28.1. The fourth-order valence-corrected chi connectivity index (χ4v) is 6.07. The van der Waals surface area contributed by atoms with Crippen LogP contribution in [0.25, 0.3) is 22.3 Å². The molecule has 0 bridgehead atoms. The van der Waals surface area contributed by atoms with Crippen molar-refractivity contribution in [2.45, 2.75) is 52.7 Å². The van der Waals surface area contributed by atoms with E-state index in [1.165, 1.54) is 0 Å². The second-order valence-corrected chi connectivity index (χ2v) is 10.6. The van der Waals surface area contributed by atoms with Crippen LogP contribution in [0.4, 0.5) is 17.5 Å². The van der Waals surface area contributed by atoms with Gasteiger partial charge in [0.05, 0.1) is 22.8 Å². The van der Waals surface area contributed by atoms with Crippen molar-refractivity contribution in [2.75, 3.05) is 41.8 Å².